The van der Waals surface area contributed by atoms with Gasteiger partial charge in [0.2, 0.25) is 0 Å². The molecule has 0 fully saturated rings. The summed E-state index contributed by atoms with van der Waals surface area (Å²) in [6, 6.07) is 5.15. The second-order valence-electron chi connectivity index (χ2n) is 3.06. The number of nitrogens with one attached hydrogen (secondary N) is 1. The van der Waals surface area contributed by atoms with Gasteiger partial charge in [-0.1, -0.05) is 31.9 Å². The number of halogens is 2. The van der Waals surface area contributed by atoms with Crippen LogP contribution in [-0.4, -0.2) is 23.5 Å². The SMILES string of the molecule is O=C(O)CCNC(=O)c1cc(Br)cc(Br)c1. The molecule has 0 spiro atoms. The van der Waals surface area contributed by atoms with Crippen molar-refractivity contribution in [2.45, 2.75) is 6.42 Å². The number of rotatable bonds is 4. The lowest BCUT2D eigenvalue weighted by Crippen LogP contribution is -2.25. The molecule has 86 valence electrons. The average molecular weight is 351 g/mol. The van der Waals surface area contributed by atoms with Crippen LogP contribution in [0.2, 0.25) is 0 Å². The molecule has 0 bridgehead atoms. The molecule has 4 nitrogen and oxygen atoms in total. The molecule has 0 unspecified atom stereocenters. The molecule has 1 aromatic carbocycles. The first kappa shape index (κ1) is 13.2. The number of carbonyl (C=O) groups is 2. The fourth-order valence-electron chi connectivity index (χ4n) is 1.07. The van der Waals surface area contributed by atoms with Gasteiger partial charge in [0.15, 0.2) is 0 Å². The normalized spacial score (nSPS) is 9.88. The highest BCUT2D eigenvalue weighted by Gasteiger charge is 2.07. The lowest BCUT2D eigenvalue weighted by molar-refractivity contribution is -0.136. The third-order valence-electron chi connectivity index (χ3n) is 1.75. The van der Waals surface area contributed by atoms with Crippen LogP contribution >= 0.6 is 31.9 Å². The molecule has 0 aliphatic heterocycles. The predicted molar refractivity (Wildman–Crippen MR) is 66.4 cm³/mol. The van der Waals surface area contributed by atoms with Crippen molar-refractivity contribution in [2.24, 2.45) is 0 Å². The number of carboxylic acid groups (broad SMARTS) is 1. The molecule has 1 amide bonds. The monoisotopic (exact) mass is 349 g/mol. The molecule has 0 radical (unpaired) electrons. The van der Waals surface area contributed by atoms with Crippen LogP contribution in [-0.2, 0) is 4.79 Å². The van der Waals surface area contributed by atoms with Crippen molar-refractivity contribution in [1.82, 2.24) is 5.32 Å². The molecule has 16 heavy (non-hydrogen) atoms. The van der Waals surface area contributed by atoms with Gasteiger partial charge in [0.25, 0.3) is 5.91 Å². The molecule has 0 saturated carbocycles. The maximum Gasteiger partial charge on any atom is 0.305 e. The van der Waals surface area contributed by atoms with Gasteiger partial charge in [-0.2, -0.15) is 0 Å². The Bertz CT molecular complexity index is 400. The summed E-state index contributed by atoms with van der Waals surface area (Å²) in [7, 11) is 0. The molecule has 0 atom stereocenters. The summed E-state index contributed by atoms with van der Waals surface area (Å²) in [5.74, 6) is -1.22. The van der Waals surface area contributed by atoms with E-state index < -0.39 is 5.97 Å². The van der Waals surface area contributed by atoms with Crippen molar-refractivity contribution in [2.75, 3.05) is 6.54 Å². The highest BCUT2D eigenvalue weighted by molar-refractivity contribution is 9.11. The lowest BCUT2D eigenvalue weighted by Gasteiger charge is -2.04. The molecular weight excluding hydrogens is 342 g/mol. The number of benzene rings is 1. The van der Waals surface area contributed by atoms with E-state index in [1.165, 1.54) is 0 Å². The Hall–Kier alpha value is -0.880. The summed E-state index contributed by atoms with van der Waals surface area (Å²) in [4.78, 5) is 21.8. The quantitative estimate of drug-likeness (QED) is 0.876. The summed E-state index contributed by atoms with van der Waals surface area (Å²) in [5.41, 5.74) is 0.478. The first-order valence-electron chi connectivity index (χ1n) is 4.45. The number of carboxylic acids is 1. The second kappa shape index (κ2) is 6.00. The van der Waals surface area contributed by atoms with Crippen molar-refractivity contribution >= 4 is 43.7 Å². The molecule has 0 aliphatic carbocycles. The van der Waals surface area contributed by atoms with Crippen LogP contribution in [0.3, 0.4) is 0 Å². The van der Waals surface area contributed by atoms with E-state index in [1.54, 1.807) is 12.1 Å². The van der Waals surface area contributed by atoms with Gasteiger partial charge in [-0.15, -0.1) is 0 Å². The van der Waals surface area contributed by atoms with E-state index in [9.17, 15) is 9.59 Å². The van der Waals surface area contributed by atoms with Crippen LogP contribution in [0.15, 0.2) is 27.1 Å². The third kappa shape index (κ3) is 4.32. The fourth-order valence-corrected chi connectivity index (χ4v) is 2.36. The Kier molecular flexibility index (Phi) is 4.95. The molecular formula is C10H9Br2NO3. The third-order valence-corrected chi connectivity index (χ3v) is 2.66. The Morgan fingerprint density at radius 2 is 1.75 bits per heavy atom. The van der Waals surface area contributed by atoms with Gasteiger partial charge in [-0.25, -0.2) is 0 Å². The standard InChI is InChI=1S/C10H9Br2NO3/c11-7-3-6(4-8(12)5-7)10(16)13-2-1-9(14)15/h3-5H,1-2H2,(H,13,16)(H,14,15). The minimum absolute atomic E-state index is 0.0824. The van der Waals surface area contributed by atoms with E-state index in [2.05, 4.69) is 37.2 Å². The van der Waals surface area contributed by atoms with Crippen LogP contribution in [0.25, 0.3) is 0 Å². The Morgan fingerprint density at radius 3 is 2.25 bits per heavy atom. The number of carbonyl (C=O) groups excluding carboxylic acids is 1. The summed E-state index contributed by atoms with van der Waals surface area (Å²) in [5, 5.41) is 10.9. The number of aliphatic carboxylic acids is 1. The van der Waals surface area contributed by atoms with E-state index >= 15 is 0 Å². The van der Waals surface area contributed by atoms with Crippen molar-refractivity contribution < 1.29 is 14.7 Å². The van der Waals surface area contributed by atoms with E-state index in [0.717, 1.165) is 8.95 Å². The Balaban J connectivity index is 2.62. The van der Waals surface area contributed by atoms with Crippen LogP contribution in [0, 0.1) is 0 Å². The van der Waals surface area contributed by atoms with Crippen molar-refractivity contribution in [3.05, 3.63) is 32.7 Å². The van der Waals surface area contributed by atoms with Crippen LogP contribution < -0.4 is 5.32 Å². The van der Waals surface area contributed by atoms with Gasteiger partial charge in [-0.05, 0) is 18.2 Å². The van der Waals surface area contributed by atoms with E-state index in [4.69, 9.17) is 5.11 Å². The molecule has 0 aromatic heterocycles. The van der Waals surface area contributed by atoms with E-state index in [1.807, 2.05) is 6.07 Å². The zero-order valence-corrected chi connectivity index (χ0v) is 11.3. The van der Waals surface area contributed by atoms with Gasteiger partial charge in [0, 0.05) is 21.1 Å². The predicted octanol–water partition coefficient (Wildman–Crippen LogP) is 2.42. The van der Waals surface area contributed by atoms with Crippen molar-refractivity contribution in [3.8, 4) is 0 Å². The average Bonchev–Trinajstić information content (AvgIpc) is 2.15. The zero-order valence-electron chi connectivity index (χ0n) is 8.17. The first-order valence-corrected chi connectivity index (χ1v) is 6.03. The Labute approximate surface area is 109 Å². The molecule has 2 N–H and O–H groups in total. The van der Waals surface area contributed by atoms with Crippen molar-refractivity contribution in [3.63, 3.8) is 0 Å². The van der Waals surface area contributed by atoms with Gasteiger partial charge >= 0.3 is 5.97 Å². The molecule has 0 aliphatic rings. The van der Waals surface area contributed by atoms with Gasteiger partial charge in [0.05, 0.1) is 6.42 Å². The minimum Gasteiger partial charge on any atom is -0.481 e. The molecule has 1 aromatic rings. The van der Waals surface area contributed by atoms with Gasteiger partial charge < -0.3 is 10.4 Å². The molecule has 1 rings (SSSR count). The largest absolute Gasteiger partial charge is 0.481 e. The summed E-state index contributed by atoms with van der Waals surface area (Å²) in [6.07, 6.45) is -0.0824. The van der Waals surface area contributed by atoms with Gasteiger partial charge in [0.1, 0.15) is 0 Å². The summed E-state index contributed by atoms with van der Waals surface area (Å²) in [6.45, 7) is 0.123. The highest BCUT2D eigenvalue weighted by Crippen LogP contribution is 2.19. The zero-order chi connectivity index (χ0) is 12.1. The lowest BCUT2D eigenvalue weighted by atomic mass is 10.2. The molecule has 0 saturated heterocycles. The van der Waals surface area contributed by atoms with E-state index in [0.29, 0.717) is 5.56 Å². The molecule has 0 heterocycles. The molecule has 6 heteroatoms. The smallest absolute Gasteiger partial charge is 0.305 e. The number of hydrogen-bond acceptors (Lipinski definition) is 2. The maximum absolute atomic E-state index is 11.6. The van der Waals surface area contributed by atoms with Gasteiger partial charge in [-0.3, -0.25) is 9.59 Å². The van der Waals surface area contributed by atoms with Crippen LogP contribution in [0.5, 0.6) is 0 Å². The minimum atomic E-state index is -0.935. The van der Waals surface area contributed by atoms with Crippen LogP contribution in [0.1, 0.15) is 16.8 Å². The topological polar surface area (TPSA) is 66.4 Å². The first-order chi connectivity index (χ1) is 7.49. The summed E-state index contributed by atoms with van der Waals surface area (Å²) < 4.78 is 1.57. The van der Waals surface area contributed by atoms with Crippen molar-refractivity contribution in [1.29, 1.82) is 0 Å². The highest BCUT2D eigenvalue weighted by atomic mass is 79.9. The number of amides is 1. The maximum atomic E-state index is 11.6. The summed E-state index contributed by atoms with van der Waals surface area (Å²) >= 11 is 6.54. The number of hydrogen-bond donors (Lipinski definition) is 2. The second-order valence-corrected chi connectivity index (χ2v) is 4.89. The van der Waals surface area contributed by atoms with Crippen LogP contribution in [0.4, 0.5) is 0 Å². The fraction of sp³-hybridized carbons (Fsp3) is 0.200. The Morgan fingerprint density at radius 1 is 1.19 bits per heavy atom. The van der Waals surface area contributed by atoms with E-state index in [-0.39, 0.29) is 18.9 Å².